The smallest absolute Gasteiger partial charge is 0.153 e. The molecule has 2 rings (SSSR count). The number of nitrogens with zero attached hydrogens (tertiary/aromatic N) is 2. The second-order valence-electron chi connectivity index (χ2n) is 4.79. The Morgan fingerprint density at radius 3 is 2.79 bits per heavy atom. The Hall–Kier alpha value is -1.68. The van der Waals surface area contributed by atoms with Crippen LogP contribution >= 0.6 is 11.6 Å². The molecule has 100 valence electrons. The first-order valence-electron chi connectivity index (χ1n) is 5.99. The average molecular weight is 281 g/mol. The molecule has 0 N–H and O–H groups in total. The first-order chi connectivity index (χ1) is 9.01. The predicted molar refractivity (Wildman–Crippen MR) is 72.9 cm³/mol. The molecule has 0 spiro atoms. The minimum absolute atomic E-state index is 0.248. The molecule has 5 heteroatoms. The molecular weight excluding hydrogens is 267 g/mol. The van der Waals surface area contributed by atoms with Gasteiger partial charge in [-0.2, -0.15) is 5.10 Å². The molecule has 3 nitrogen and oxygen atoms in total. The van der Waals surface area contributed by atoms with Crippen LogP contribution < -0.4 is 0 Å². The second-order valence-corrected chi connectivity index (χ2v) is 5.20. The van der Waals surface area contributed by atoms with Gasteiger partial charge >= 0.3 is 0 Å². The zero-order chi connectivity index (χ0) is 14.0. The fourth-order valence-electron chi connectivity index (χ4n) is 1.88. The zero-order valence-corrected chi connectivity index (χ0v) is 11.5. The van der Waals surface area contributed by atoms with E-state index in [-0.39, 0.29) is 5.02 Å². The Labute approximate surface area is 116 Å². The summed E-state index contributed by atoms with van der Waals surface area (Å²) in [4.78, 5) is 11.1. The van der Waals surface area contributed by atoms with E-state index in [0.717, 1.165) is 6.29 Å². The summed E-state index contributed by atoms with van der Waals surface area (Å²) >= 11 is 6.00. The van der Waals surface area contributed by atoms with Crippen molar-refractivity contribution < 1.29 is 9.18 Å². The summed E-state index contributed by atoms with van der Waals surface area (Å²) in [5.41, 5.74) is 1.50. The lowest BCUT2D eigenvalue weighted by Crippen LogP contribution is -2.04. The summed E-state index contributed by atoms with van der Waals surface area (Å²) in [6.07, 6.45) is 2.42. The number of halogens is 2. The van der Waals surface area contributed by atoms with Crippen molar-refractivity contribution in [3.63, 3.8) is 0 Å². The monoisotopic (exact) mass is 280 g/mol. The molecule has 0 aliphatic rings. The fourth-order valence-corrected chi connectivity index (χ4v) is 2.14. The number of carbonyl (C=O) groups is 1. The van der Waals surface area contributed by atoms with Gasteiger partial charge in [0.05, 0.1) is 10.6 Å². The van der Waals surface area contributed by atoms with Crippen LogP contribution in [0.1, 0.15) is 24.2 Å². The van der Waals surface area contributed by atoms with E-state index in [0.29, 0.717) is 29.3 Å². The van der Waals surface area contributed by atoms with Gasteiger partial charge in [0, 0.05) is 18.3 Å². The molecule has 1 aromatic heterocycles. The summed E-state index contributed by atoms with van der Waals surface area (Å²) < 4.78 is 14.8. The Bertz CT molecular complexity index is 607. The highest BCUT2D eigenvalue weighted by atomic mass is 35.5. The normalized spacial score (nSPS) is 11.0. The minimum atomic E-state index is -0.414. The number of aromatic nitrogens is 2. The van der Waals surface area contributed by atoms with Gasteiger partial charge in [0.15, 0.2) is 6.29 Å². The number of hydrogen-bond donors (Lipinski definition) is 0. The lowest BCUT2D eigenvalue weighted by Gasteiger charge is -2.04. The standard InChI is InChI=1S/C14H14ClFN2O/c1-9(2)6-18-7-10(8-19)14(17-18)12-4-3-11(16)5-13(12)15/h3-5,7-9H,6H2,1-2H3. The number of carbonyl (C=O) groups excluding carboxylic acids is 1. The Balaban J connectivity index is 2.48. The van der Waals surface area contributed by atoms with Crippen LogP contribution in [-0.2, 0) is 6.54 Å². The third-order valence-electron chi connectivity index (χ3n) is 2.66. The molecule has 0 saturated heterocycles. The van der Waals surface area contributed by atoms with E-state index in [2.05, 4.69) is 18.9 Å². The molecule has 19 heavy (non-hydrogen) atoms. The number of aldehydes is 1. The molecule has 1 heterocycles. The van der Waals surface area contributed by atoms with Crippen LogP contribution in [0.3, 0.4) is 0 Å². The number of rotatable bonds is 4. The largest absolute Gasteiger partial charge is 0.298 e. The van der Waals surface area contributed by atoms with Crippen molar-refractivity contribution in [2.75, 3.05) is 0 Å². The van der Waals surface area contributed by atoms with Crippen molar-refractivity contribution in [2.24, 2.45) is 5.92 Å². The maximum atomic E-state index is 13.0. The molecule has 0 bridgehead atoms. The summed E-state index contributed by atoms with van der Waals surface area (Å²) in [7, 11) is 0. The fraction of sp³-hybridized carbons (Fsp3) is 0.286. The van der Waals surface area contributed by atoms with Gasteiger partial charge in [0.2, 0.25) is 0 Å². The van der Waals surface area contributed by atoms with Crippen molar-refractivity contribution in [2.45, 2.75) is 20.4 Å². The Morgan fingerprint density at radius 1 is 1.47 bits per heavy atom. The zero-order valence-electron chi connectivity index (χ0n) is 10.7. The summed E-state index contributed by atoms with van der Waals surface area (Å²) in [6.45, 7) is 4.83. The van der Waals surface area contributed by atoms with Gasteiger partial charge in [0.1, 0.15) is 11.5 Å². The summed E-state index contributed by atoms with van der Waals surface area (Å²) in [6, 6.07) is 4.05. The van der Waals surface area contributed by atoms with E-state index in [1.807, 2.05) is 0 Å². The summed E-state index contributed by atoms with van der Waals surface area (Å²) in [5.74, 6) is -0.000965. The molecule has 0 aliphatic heterocycles. The first-order valence-corrected chi connectivity index (χ1v) is 6.37. The maximum absolute atomic E-state index is 13.0. The topological polar surface area (TPSA) is 34.9 Å². The van der Waals surface area contributed by atoms with Crippen molar-refractivity contribution >= 4 is 17.9 Å². The number of benzene rings is 1. The third-order valence-corrected chi connectivity index (χ3v) is 2.97. The van der Waals surface area contributed by atoms with Crippen molar-refractivity contribution in [3.8, 4) is 11.3 Å². The quantitative estimate of drug-likeness (QED) is 0.798. The Kier molecular flexibility index (Phi) is 4.00. The molecule has 0 atom stereocenters. The van der Waals surface area contributed by atoms with Crippen LogP contribution in [0, 0.1) is 11.7 Å². The van der Waals surface area contributed by atoms with Crippen LogP contribution in [0.5, 0.6) is 0 Å². The SMILES string of the molecule is CC(C)Cn1cc(C=O)c(-c2ccc(F)cc2Cl)n1. The lowest BCUT2D eigenvalue weighted by molar-refractivity contribution is 0.112. The molecule has 0 fully saturated rings. The molecule has 0 saturated carbocycles. The van der Waals surface area contributed by atoms with Gasteiger partial charge in [-0.25, -0.2) is 4.39 Å². The van der Waals surface area contributed by atoms with Crippen molar-refractivity contribution in [1.82, 2.24) is 9.78 Å². The maximum Gasteiger partial charge on any atom is 0.153 e. The molecule has 1 aromatic carbocycles. The number of hydrogen-bond acceptors (Lipinski definition) is 2. The molecule has 0 unspecified atom stereocenters. The van der Waals surface area contributed by atoms with Crippen LogP contribution in [0.25, 0.3) is 11.3 Å². The van der Waals surface area contributed by atoms with Crippen LogP contribution in [0.2, 0.25) is 5.02 Å². The van der Waals surface area contributed by atoms with Crippen LogP contribution in [0.15, 0.2) is 24.4 Å². The molecule has 0 aliphatic carbocycles. The van der Waals surface area contributed by atoms with Gasteiger partial charge in [-0.1, -0.05) is 25.4 Å². The molecular formula is C14H14ClFN2O. The van der Waals surface area contributed by atoms with Crippen molar-refractivity contribution in [1.29, 1.82) is 0 Å². The van der Waals surface area contributed by atoms with Crippen molar-refractivity contribution in [3.05, 3.63) is 40.8 Å². The van der Waals surface area contributed by atoms with E-state index in [9.17, 15) is 9.18 Å². The van der Waals surface area contributed by atoms with E-state index in [1.54, 1.807) is 10.9 Å². The lowest BCUT2D eigenvalue weighted by atomic mass is 10.1. The summed E-state index contributed by atoms with van der Waals surface area (Å²) in [5, 5.41) is 4.61. The molecule has 0 amide bonds. The van der Waals surface area contributed by atoms with E-state index in [1.165, 1.54) is 18.2 Å². The highest BCUT2D eigenvalue weighted by Crippen LogP contribution is 2.29. The van der Waals surface area contributed by atoms with Crippen LogP contribution in [-0.4, -0.2) is 16.1 Å². The second kappa shape index (κ2) is 5.53. The van der Waals surface area contributed by atoms with E-state index < -0.39 is 5.82 Å². The highest BCUT2D eigenvalue weighted by molar-refractivity contribution is 6.33. The predicted octanol–water partition coefficient (Wildman–Crippen LogP) is 3.81. The van der Waals surface area contributed by atoms with E-state index in [4.69, 9.17) is 11.6 Å². The first kappa shape index (κ1) is 13.7. The van der Waals surface area contributed by atoms with Gasteiger partial charge in [0.25, 0.3) is 0 Å². The van der Waals surface area contributed by atoms with Crippen LogP contribution in [0.4, 0.5) is 4.39 Å². The highest BCUT2D eigenvalue weighted by Gasteiger charge is 2.14. The Morgan fingerprint density at radius 2 is 2.21 bits per heavy atom. The van der Waals surface area contributed by atoms with E-state index >= 15 is 0 Å². The minimum Gasteiger partial charge on any atom is -0.298 e. The molecule has 0 radical (unpaired) electrons. The third kappa shape index (κ3) is 3.01. The van der Waals surface area contributed by atoms with Gasteiger partial charge < -0.3 is 0 Å². The van der Waals surface area contributed by atoms with Gasteiger partial charge in [-0.3, -0.25) is 9.48 Å². The average Bonchev–Trinajstić information content (AvgIpc) is 2.71. The van der Waals surface area contributed by atoms with Gasteiger partial charge in [-0.15, -0.1) is 0 Å². The van der Waals surface area contributed by atoms with Gasteiger partial charge in [-0.05, 0) is 24.1 Å². The molecule has 2 aromatic rings.